The summed E-state index contributed by atoms with van der Waals surface area (Å²) in [5.74, 6) is 1.43. The van der Waals surface area contributed by atoms with Crippen LogP contribution in [-0.2, 0) is 0 Å². The zero-order valence-corrected chi connectivity index (χ0v) is 20.6. The molecule has 0 unspecified atom stereocenters. The number of fused-ring (bicyclic) bond motifs is 1. The van der Waals surface area contributed by atoms with Gasteiger partial charge in [-0.2, -0.15) is 0 Å². The zero-order valence-electron chi connectivity index (χ0n) is 20.6. The van der Waals surface area contributed by atoms with E-state index in [1.165, 1.54) is 24.0 Å². The molecule has 7 heteroatoms. The van der Waals surface area contributed by atoms with Crippen molar-refractivity contribution in [1.29, 1.82) is 0 Å². The van der Waals surface area contributed by atoms with Crippen molar-refractivity contribution in [2.75, 3.05) is 25.5 Å². The Hall–Kier alpha value is -3.71. The molecule has 5 rings (SSSR count). The molecule has 1 fully saturated rings. The van der Waals surface area contributed by atoms with Crippen molar-refractivity contribution in [3.8, 4) is 17.3 Å². The monoisotopic (exact) mass is 468 g/mol. The number of hydrogen-bond donors (Lipinski definition) is 3. The van der Waals surface area contributed by atoms with Crippen LogP contribution in [0, 0.1) is 6.92 Å². The number of anilines is 2. The topological polar surface area (TPSA) is 84.0 Å². The first-order chi connectivity index (χ1) is 17.2. The molecular formula is C28H32N6O. The lowest BCUT2D eigenvalue weighted by Crippen LogP contribution is -2.26. The smallest absolute Gasteiger partial charge is 0.316 e. The molecule has 7 nitrogen and oxygen atoms in total. The molecule has 0 bridgehead atoms. The number of aromatic nitrogens is 3. The largest absolute Gasteiger partial charge is 0.467 e. The Bertz CT molecular complexity index is 1260. The summed E-state index contributed by atoms with van der Waals surface area (Å²) in [4.78, 5) is 13.6. The van der Waals surface area contributed by atoms with Crippen molar-refractivity contribution in [2.24, 2.45) is 0 Å². The highest BCUT2D eigenvalue weighted by Crippen LogP contribution is 2.35. The van der Waals surface area contributed by atoms with Gasteiger partial charge in [-0.15, -0.1) is 0 Å². The fraction of sp³-hybridized carbons (Fsp3) is 0.321. The molecule has 0 spiro atoms. The molecule has 3 N–H and O–H groups in total. The molecule has 1 saturated heterocycles. The number of rotatable bonds is 6. The second kappa shape index (κ2) is 10.3. The number of benzene rings is 1. The minimum absolute atomic E-state index is 0.339. The number of piperidine rings is 1. The van der Waals surface area contributed by atoms with Gasteiger partial charge in [0.25, 0.3) is 0 Å². The highest BCUT2D eigenvalue weighted by atomic mass is 16.5. The van der Waals surface area contributed by atoms with Gasteiger partial charge in [-0.3, -0.25) is 0 Å². The van der Waals surface area contributed by atoms with Gasteiger partial charge in [0.15, 0.2) is 0 Å². The van der Waals surface area contributed by atoms with E-state index in [1.54, 1.807) is 19.5 Å². The van der Waals surface area contributed by atoms with Crippen molar-refractivity contribution in [1.82, 2.24) is 25.6 Å². The van der Waals surface area contributed by atoms with Gasteiger partial charge in [-0.1, -0.05) is 19.1 Å². The van der Waals surface area contributed by atoms with Crippen LogP contribution in [0.1, 0.15) is 54.4 Å². The van der Waals surface area contributed by atoms with Crippen LogP contribution < -0.4 is 20.7 Å². The van der Waals surface area contributed by atoms with Gasteiger partial charge in [-0.05, 0) is 86.2 Å². The predicted molar refractivity (Wildman–Crippen MR) is 142 cm³/mol. The van der Waals surface area contributed by atoms with Crippen LogP contribution in [0.15, 0.2) is 48.9 Å². The summed E-state index contributed by atoms with van der Waals surface area (Å²) in [5.41, 5.74) is 8.65. The Kier molecular flexibility index (Phi) is 6.77. The van der Waals surface area contributed by atoms with Crippen molar-refractivity contribution in [3.63, 3.8) is 0 Å². The van der Waals surface area contributed by atoms with Gasteiger partial charge in [-0.25, -0.2) is 15.0 Å². The Morgan fingerprint density at radius 3 is 2.66 bits per heavy atom. The number of pyridine rings is 1. The van der Waals surface area contributed by atoms with Crippen molar-refractivity contribution in [3.05, 3.63) is 71.2 Å². The number of ether oxygens (including phenoxy) is 1. The summed E-state index contributed by atoms with van der Waals surface area (Å²) < 4.78 is 5.12. The van der Waals surface area contributed by atoms with E-state index in [4.69, 9.17) is 9.72 Å². The van der Waals surface area contributed by atoms with E-state index < -0.39 is 0 Å². The van der Waals surface area contributed by atoms with Gasteiger partial charge >= 0.3 is 6.01 Å². The predicted octanol–water partition coefficient (Wildman–Crippen LogP) is 5.39. The Morgan fingerprint density at radius 2 is 1.94 bits per heavy atom. The van der Waals surface area contributed by atoms with Crippen LogP contribution in [-0.4, -0.2) is 35.2 Å². The van der Waals surface area contributed by atoms with Crippen LogP contribution in [0.4, 0.5) is 11.5 Å². The van der Waals surface area contributed by atoms with Crippen molar-refractivity contribution in [2.45, 2.75) is 39.0 Å². The summed E-state index contributed by atoms with van der Waals surface area (Å²) in [7, 11) is 1.56. The van der Waals surface area contributed by atoms with Crippen molar-refractivity contribution >= 4 is 23.3 Å². The number of methoxy groups -OCH3 is 1. The molecule has 0 radical (unpaired) electrons. The molecule has 1 aromatic carbocycles. The average molecular weight is 469 g/mol. The maximum atomic E-state index is 5.12. The Balaban J connectivity index is 1.54. The molecule has 180 valence electrons. The standard InChI is InChI=1S/C28H32N6O/c1-4-5-24-26-20(10-13-30-24)15-25(21-16-31-28(35-3)32-17-21)34-27(26)33-22-6-7-23(18(2)14-22)19-8-11-29-12-9-19/h5-7,10,13-17,19,29-30H,4,8-9,11-12H2,1-3H3,(H,33,34)/b24-5-. The summed E-state index contributed by atoms with van der Waals surface area (Å²) >= 11 is 0. The second-order valence-electron chi connectivity index (χ2n) is 9.00. The first-order valence-corrected chi connectivity index (χ1v) is 12.3. The lowest BCUT2D eigenvalue weighted by molar-refractivity contribution is 0.380. The second-order valence-corrected chi connectivity index (χ2v) is 9.00. The highest BCUT2D eigenvalue weighted by Gasteiger charge is 2.20. The fourth-order valence-corrected chi connectivity index (χ4v) is 4.91. The van der Waals surface area contributed by atoms with Gasteiger partial charge in [0.1, 0.15) is 5.82 Å². The summed E-state index contributed by atoms with van der Waals surface area (Å²) in [6, 6.07) is 9.12. The first kappa shape index (κ1) is 23.1. The molecular weight excluding hydrogens is 436 g/mol. The number of nitrogens with zero attached hydrogens (tertiary/aromatic N) is 3. The molecule has 2 aliphatic rings. The Labute approximate surface area is 206 Å². The van der Waals surface area contributed by atoms with Crippen LogP contribution in [0.25, 0.3) is 23.0 Å². The van der Waals surface area contributed by atoms with Crippen LogP contribution in [0.3, 0.4) is 0 Å². The van der Waals surface area contributed by atoms with Gasteiger partial charge in [0, 0.05) is 41.1 Å². The lowest BCUT2D eigenvalue weighted by atomic mass is 9.87. The Morgan fingerprint density at radius 1 is 1.14 bits per heavy atom. The van der Waals surface area contributed by atoms with Gasteiger partial charge < -0.3 is 20.7 Å². The van der Waals surface area contributed by atoms with Crippen molar-refractivity contribution < 1.29 is 4.74 Å². The molecule has 0 amide bonds. The number of hydrogen-bond acceptors (Lipinski definition) is 7. The van der Waals surface area contributed by atoms with Gasteiger partial charge in [0.05, 0.1) is 12.8 Å². The fourth-order valence-electron chi connectivity index (χ4n) is 4.91. The molecule has 4 heterocycles. The first-order valence-electron chi connectivity index (χ1n) is 12.3. The number of allylic oxidation sites excluding steroid dienone is 1. The van der Waals surface area contributed by atoms with E-state index in [9.17, 15) is 0 Å². The minimum atomic E-state index is 0.339. The SMILES string of the molecule is CC/C=C1\NC=Cc2cc(-c3cnc(OC)nc3)nc(Nc3ccc(C4CCNCC4)c(C)c3)c21. The van der Waals surface area contributed by atoms with E-state index in [0.717, 1.165) is 59.1 Å². The van der Waals surface area contributed by atoms with Crippen LogP contribution in [0.2, 0.25) is 0 Å². The van der Waals surface area contributed by atoms with Crippen LogP contribution >= 0.6 is 0 Å². The van der Waals surface area contributed by atoms with E-state index in [0.29, 0.717) is 11.9 Å². The van der Waals surface area contributed by atoms with E-state index in [1.807, 2.05) is 6.20 Å². The molecule has 2 aromatic heterocycles. The molecule has 0 atom stereocenters. The summed E-state index contributed by atoms with van der Waals surface area (Å²) in [5, 5.41) is 10.5. The van der Waals surface area contributed by atoms with Crippen LogP contribution in [0.5, 0.6) is 6.01 Å². The van der Waals surface area contributed by atoms with E-state index in [-0.39, 0.29) is 0 Å². The molecule has 0 aliphatic carbocycles. The summed E-state index contributed by atoms with van der Waals surface area (Å²) in [6.45, 7) is 6.53. The zero-order chi connectivity index (χ0) is 24.2. The van der Waals surface area contributed by atoms with Gasteiger partial charge in [0.2, 0.25) is 0 Å². The normalized spacial score (nSPS) is 16.6. The lowest BCUT2D eigenvalue weighted by Gasteiger charge is -2.25. The number of aryl methyl sites for hydroxylation is 1. The molecule has 35 heavy (non-hydrogen) atoms. The average Bonchev–Trinajstić information content (AvgIpc) is 2.89. The molecule has 0 saturated carbocycles. The highest BCUT2D eigenvalue weighted by molar-refractivity contribution is 5.87. The third-order valence-electron chi connectivity index (χ3n) is 6.65. The summed E-state index contributed by atoms with van der Waals surface area (Å²) in [6.07, 6.45) is 13.0. The third kappa shape index (κ3) is 4.91. The molecule has 3 aromatic rings. The quantitative estimate of drug-likeness (QED) is 0.447. The van der Waals surface area contributed by atoms with E-state index in [2.05, 4.69) is 76.2 Å². The molecule has 2 aliphatic heterocycles. The van der Waals surface area contributed by atoms with E-state index >= 15 is 0 Å². The minimum Gasteiger partial charge on any atom is -0.467 e. The maximum absolute atomic E-state index is 5.12. The number of nitrogens with one attached hydrogen (secondary N) is 3. The maximum Gasteiger partial charge on any atom is 0.316 e. The third-order valence-corrected chi connectivity index (χ3v) is 6.65.